The van der Waals surface area contributed by atoms with Crippen molar-refractivity contribution in [2.75, 3.05) is 45.3 Å². The first-order chi connectivity index (χ1) is 15.1. The molecule has 1 fully saturated rings. The van der Waals surface area contributed by atoms with Crippen LogP contribution in [0.4, 0.5) is 5.69 Å². The van der Waals surface area contributed by atoms with Crippen molar-refractivity contribution < 1.29 is 14.3 Å². The number of aromatic nitrogens is 2. The summed E-state index contributed by atoms with van der Waals surface area (Å²) in [7, 11) is 3.06. The molecular weight excluding hydrogens is 396 g/mol. The summed E-state index contributed by atoms with van der Waals surface area (Å²) >= 11 is 0. The molecule has 0 saturated carbocycles. The van der Waals surface area contributed by atoms with Gasteiger partial charge < -0.3 is 19.3 Å². The summed E-state index contributed by atoms with van der Waals surface area (Å²) in [6.07, 6.45) is 1.74. The SMILES string of the molecule is COc1cc2ncn(CCC(=O)N3CCN(c4ccccc4)CC3)c(=O)c2cc1OC. The van der Waals surface area contributed by atoms with Crippen molar-refractivity contribution in [2.24, 2.45) is 0 Å². The zero-order chi connectivity index (χ0) is 21.8. The van der Waals surface area contributed by atoms with Crippen LogP contribution >= 0.6 is 0 Å². The van der Waals surface area contributed by atoms with Crippen molar-refractivity contribution >= 4 is 22.5 Å². The van der Waals surface area contributed by atoms with Crippen molar-refractivity contribution in [3.05, 3.63) is 59.1 Å². The molecule has 1 aliphatic rings. The Morgan fingerprint density at radius 2 is 1.68 bits per heavy atom. The van der Waals surface area contributed by atoms with Gasteiger partial charge >= 0.3 is 0 Å². The summed E-state index contributed by atoms with van der Waals surface area (Å²) in [5.74, 6) is 1.04. The smallest absolute Gasteiger partial charge is 0.261 e. The fourth-order valence-electron chi connectivity index (χ4n) is 3.87. The highest BCUT2D eigenvalue weighted by atomic mass is 16.5. The number of nitrogens with zero attached hydrogens (tertiary/aromatic N) is 4. The summed E-state index contributed by atoms with van der Waals surface area (Å²) in [6, 6.07) is 13.5. The molecule has 0 atom stereocenters. The number of carbonyl (C=O) groups excluding carboxylic acids is 1. The van der Waals surface area contributed by atoms with E-state index < -0.39 is 0 Å². The minimum absolute atomic E-state index is 0.0482. The maximum Gasteiger partial charge on any atom is 0.261 e. The van der Waals surface area contributed by atoms with Crippen LogP contribution in [0.15, 0.2) is 53.6 Å². The Kier molecular flexibility index (Phi) is 6.06. The summed E-state index contributed by atoms with van der Waals surface area (Å²) in [4.78, 5) is 34.1. The van der Waals surface area contributed by atoms with Crippen LogP contribution in [0.3, 0.4) is 0 Å². The van der Waals surface area contributed by atoms with Gasteiger partial charge in [0.25, 0.3) is 5.56 Å². The van der Waals surface area contributed by atoms with Crippen LogP contribution in [0.2, 0.25) is 0 Å². The first-order valence-electron chi connectivity index (χ1n) is 10.3. The molecule has 2 heterocycles. The zero-order valence-electron chi connectivity index (χ0n) is 17.8. The van der Waals surface area contributed by atoms with Gasteiger partial charge in [0.15, 0.2) is 11.5 Å². The van der Waals surface area contributed by atoms with E-state index in [0.29, 0.717) is 35.5 Å². The minimum Gasteiger partial charge on any atom is -0.493 e. The van der Waals surface area contributed by atoms with E-state index in [0.717, 1.165) is 13.1 Å². The Bertz CT molecular complexity index is 1120. The number of fused-ring (bicyclic) bond motifs is 1. The topological polar surface area (TPSA) is 76.9 Å². The normalized spacial score (nSPS) is 14.0. The van der Waals surface area contributed by atoms with E-state index in [9.17, 15) is 9.59 Å². The molecule has 1 aromatic heterocycles. The van der Waals surface area contributed by atoms with Gasteiger partial charge in [-0.05, 0) is 18.2 Å². The standard InChI is InChI=1S/C23H26N4O4/c1-30-20-14-18-19(15-21(20)31-2)24-16-27(23(18)29)9-8-22(28)26-12-10-25(11-13-26)17-6-4-3-5-7-17/h3-7,14-16H,8-13H2,1-2H3. The average Bonchev–Trinajstić information content (AvgIpc) is 2.83. The second-order valence-corrected chi connectivity index (χ2v) is 7.42. The van der Waals surface area contributed by atoms with Gasteiger partial charge in [-0.3, -0.25) is 14.2 Å². The predicted octanol–water partition coefficient (Wildman–Crippen LogP) is 2.15. The molecule has 1 saturated heterocycles. The number of para-hydroxylation sites is 1. The van der Waals surface area contributed by atoms with E-state index in [1.54, 1.807) is 12.1 Å². The lowest BCUT2D eigenvalue weighted by atomic mass is 10.2. The number of hydrogen-bond acceptors (Lipinski definition) is 6. The molecular formula is C23H26N4O4. The first kappa shape index (κ1) is 20.7. The lowest BCUT2D eigenvalue weighted by Gasteiger charge is -2.36. The Morgan fingerprint density at radius 1 is 1.00 bits per heavy atom. The van der Waals surface area contributed by atoms with Gasteiger partial charge in [-0.2, -0.15) is 0 Å². The molecule has 0 spiro atoms. The first-order valence-corrected chi connectivity index (χ1v) is 10.3. The second-order valence-electron chi connectivity index (χ2n) is 7.42. The number of amides is 1. The molecule has 0 radical (unpaired) electrons. The van der Waals surface area contributed by atoms with Crippen molar-refractivity contribution in [1.29, 1.82) is 0 Å². The van der Waals surface area contributed by atoms with Gasteiger partial charge in [0.2, 0.25) is 5.91 Å². The van der Waals surface area contributed by atoms with Crippen LogP contribution in [-0.4, -0.2) is 60.8 Å². The lowest BCUT2D eigenvalue weighted by Crippen LogP contribution is -2.49. The van der Waals surface area contributed by atoms with Gasteiger partial charge in [-0.15, -0.1) is 0 Å². The highest BCUT2D eigenvalue weighted by Crippen LogP contribution is 2.29. The quantitative estimate of drug-likeness (QED) is 0.606. The molecule has 4 rings (SSSR count). The predicted molar refractivity (Wildman–Crippen MR) is 119 cm³/mol. The third-order valence-electron chi connectivity index (χ3n) is 5.65. The number of carbonyl (C=O) groups is 1. The van der Waals surface area contributed by atoms with E-state index in [1.165, 1.54) is 30.8 Å². The number of benzene rings is 2. The number of hydrogen-bond donors (Lipinski definition) is 0. The van der Waals surface area contributed by atoms with Gasteiger partial charge in [0, 0.05) is 50.9 Å². The Hall–Kier alpha value is -3.55. The van der Waals surface area contributed by atoms with Crippen LogP contribution in [0, 0.1) is 0 Å². The fraction of sp³-hybridized carbons (Fsp3) is 0.348. The van der Waals surface area contributed by atoms with E-state index in [4.69, 9.17) is 9.47 Å². The Balaban J connectivity index is 1.40. The highest BCUT2D eigenvalue weighted by molar-refractivity contribution is 5.81. The number of methoxy groups -OCH3 is 2. The number of rotatable bonds is 6. The average molecular weight is 422 g/mol. The molecule has 2 aromatic carbocycles. The second kappa shape index (κ2) is 9.07. The highest BCUT2D eigenvalue weighted by Gasteiger charge is 2.21. The third kappa shape index (κ3) is 4.33. The van der Waals surface area contributed by atoms with Crippen molar-refractivity contribution in [3.63, 3.8) is 0 Å². The van der Waals surface area contributed by atoms with Crippen LogP contribution in [0.1, 0.15) is 6.42 Å². The van der Waals surface area contributed by atoms with Gasteiger partial charge in [-0.25, -0.2) is 4.98 Å². The molecule has 1 aliphatic heterocycles. The monoisotopic (exact) mass is 422 g/mol. The number of piperazine rings is 1. The van der Waals surface area contributed by atoms with Crippen molar-refractivity contribution in [3.8, 4) is 11.5 Å². The van der Waals surface area contributed by atoms with Crippen molar-refractivity contribution in [2.45, 2.75) is 13.0 Å². The van der Waals surface area contributed by atoms with Crippen LogP contribution in [0.25, 0.3) is 10.9 Å². The van der Waals surface area contributed by atoms with E-state index in [-0.39, 0.29) is 24.4 Å². The summed E-state index contributed by atoms with van der Waals surface area (Å²) in [6.45, 7) is 3.24. The van der Waals surface area contributed by atoms with Crippen LogP contribution in [-0.2, 0) is 11.3 Å². The van der Waals surface area contributed by atoms with Gasteiger partial charge in [0.1, 0.15) is 0 Å². The molecule has 8 heteroatoms. The number of anilines is 1. The molecule has 0 N–H and O–H groups in total. The minimum atomic E-state index is -0.201. The maximum absolute atomic E-state index is 12.9. The molecule has 8 nitrogen and oxygen atoms in total. The Morgan fingerprint density at radius 3 is 2.35 bits per heavy atom. The molecule has 0 aliphatic carbocycles. The molecule has 31 heavy (non-hydrogen) atoms. The molecule has 3 aromatic rings. The van der Waals surface area contributed by atoms with Gasteiger partial charge in [-0.1, -0.05) is 18.2 Å². The zero-order valence-corrected chi connectivity index (χ0v) is 17.8. The molecule has 1 amide bonds. The van der Waals surface area contributed by atoms with Gasteiger partial charge in [0.05, 0.1) is 31.4 Å². The van der Waals surface area contributed by atoms with Crippen LogP contribution in [0.5, 0.6) is 11.5 Å². The summed E-state index contributed by atoms with van der Waals surface area (Å²) in [5.41, 5.74) is 1.50. The summed E-state index contributed by atoms with van der Waals surface area (Å²) < 4.78 is 12.0. The lowest BCUT2D eigenvalue weighted by molar-refractivity contribution is -0.131. The van der Waals surface area contributed by atoms with Crippen LogP contribution < -0.4 is 19.9 Å². The molecule has 162 valence electrons. The Labute approximate surface area is 180 Å². The van der Waals surface area contributed by atoms with E-state index in [2.05, 4.69) is 22.0 Å². The molecule has 0 bridgehead atoms. The number of ether oxygens (including phenoxy) is 2. The van der Waals surface area contributed by atoms with Crippen molar-refractivity contribution in [1.82, 2.24) is 14.5 Å². The molecule has 0 unspecified atom stereocenters. The largest absolute Gasteiger partial charge is 0.493 e. The summed E-state index contributed by atoms with van der Waals surface area (Å²) in [5, 5.41) is 0.434. The van der Waals surface area contributed by atoms with E-state index >= 15 is 0 Å². The maximum atomic E-state index is 12.9. The number of aryl methyl sites for hydroxylation is 1. The fourth-order valence-corrected chi connectivity index (χ4v) is 3.87. The van der Waals surface area contributed by atoms with E-state index in [1.807, 2.05) is 23.1 Å². The third-order valence-corrected chi connectivity index (χ3v) is 5.65.